The summed E-state index contributed by atoms with van der Waals surface area (Å²) in [4.78, 5) is 19.0. The Hall–Kier alpha value is -3.10. The van der Waals surface area contributed by atoms with Crippen LogP contribution in [-0.4, -0.2) is 30.2 Å². The van der Waals surface area contributed by atoms with Crippen LogP contribution in [0.25, 0.3) is 0 Å². The van der Waals surface area contributed by atoms with Crippen molar-refractivity contribution >= 4 is 29.2 Å². The van der Waals surface area contributed by atoms with Crippen LogP contribution < -0.4 is 16.4 Å². The van der Waals surface area contributed by atoms with Crippen LogP contribution in [0.5, 0.6) is 0 Å². The fourth-order valence-electron chi connectivity index (χ4n) is 2.44. The first kappa shape index (κ1) is 20.2. The van der Waals surface area contributed by atoms with E-state index in [0.717, 1.165) is 12.1 Å². The summed E-state index contributed by atoms with van der Waals surface area (Å²) in [6.45, 7) is 3.58. The summed E-state index contributed by atoms with van der Waals surface area (Å²) >= 11 is 0. The molecule has 1 amide bonds. The molecule has 0 saturated heterocycles. The van der Waals surface area contributed by atoms with Crippen molar-refractivity contribution in [1.29, 1.82) is 0 Å². The number of carbonyl (C=O) groups excluding carboxylic acids is 1. The number of nitrogens with zero attached hydrogens (tertiary/aromatic N) is 2. The van der Waals surface area contributed by atoms with Crippen LogP contribution in [0.2, 0.25) is 0 Å². The Labute approximate surface area is 154 Å². The van der Waals surface area contributed by atoms with Crippen molar-refractivity contribution in [2.24, 2.45) is 4.99 Å². The van der Waals surface area contributed by atoms with Gasteiger partial charge < -0.3 is 16.4 Å². The molecule has 6 nitrogen and oxygen atoms in total. The van der Waals surface area contributed by atoms with Crippen LogP contribution in [-0.2, 0) is 11.0 Å². The van der Waals surface area contributed by atoms with Gasteiger partial charge in [-0.05, 0) is 38.1 Å². The minimum Gasteiger partial charge on any atom is -0.397 e. The first-order valence-corrected chi connectivity index (χ1v) is 8.11. The maximum Gasteiger partial charge on any atom is 0.433 e. The maximum atomic E-state index is 13.1. The molecule has 0 spiro atoms. The monoisotopic (exact) mass is 379 g/mol. The summed E-state index contributed by atoms with van der Waals surface area (Å²) in [5.74, 6) is 0. The van der Waals surface area contributed by atoms with E-state index in [0.29, 0.717) is 23.3 Å². The molecule has 0 saturated carbocycles. The van der Waals surface area contributed by atoms with Crippen molar-refractivity contribution in [1.82, 2.24) is 4.98 Å². The van der Waals surface area contributed by atoms with Crippen molar-refractivity contribution in [2.45, 2.75) is 26.1 Å². The number of halogens is 3. The van der Waals surface area contributed by atoms with Crippen molar-refractivity contribution in [3.63, 3.8) is 0 Å². The van der Waals surface area contributed by atoms with E-state index < -0.39 is 11.9 Å². The molecule has 144 valence electrons. The Kier molecular flexibility index (Phi) is 6.04. The van der Waals surface area contributed by atoms with Crippen molar-refractivity contribution in [2.75, 3.05) is 23.4 Å². The molecule has 1 aromatic heterocycles. The number of amides is 1. The summed E-state index contributed by atoms with van der Waals surface area (Å²) in [6.07, 6.45) is -4.10. The second kappa shape index (κ2) is 8.07. The molecule has 0 atom stereocenters. The molecule has 0 aliphatic heterocycles. The Morgan fingerprint density at radius 3 is 2.48 bits per heavy atom. The zero-order valence-electron chi connectivity index (χ0n) is 15.1. The number of pyridine rings is 1. The van der Waals surface area contributed by atoms with E-state index in [1.54, 1.807) is 39.1 Å². The van der Waals surface area contributed by atoms with Crippen LogP contribution >= 0.6 is 0 Å². The largest absolute Gasteiger partial charge is 0.433 e. The third kappa shape index (κ3) is 4.75. The number of nitrogen functional groups attached to an aromatic ring is 1. The van der Waals surface area contributed by atoms with Gasteiger partial charge >= 0.3 is 6.18 Å². The van der Waals surface area contributed by atoms with Gasteiger partial charge in [-0.2, -0.15) is 13.2 Å². The number of aromatic nitrogens is 1. The van der Waals surface area contributed by atoms with E-state index in [-0.39, 0.29) is 23.1 Å². The molecule has 0 bridgehead atoms. The summed E-state index contributed by atoms with van der Waals surface area (Å²) in [5, 5.41) is 5.46. The molecular weight excluding hydrogens is 359 g/mol. The predicted octanol–water partition coefficient (Wildman–Crippen LogP) is 3.54. The molecule has 27 heavy (non-hydrogen) atoms. The van der Waals surface area contributed by atoms with Gasteiger partial charge in [-0.3, -0.25) is 9.79 Å². The van der Waals surface area contributed by atoms with Gasteiger partial charge in [-0.25, -0.2) is 4.98 Å². The van der Waals surface area contributed by atoms with Crippen molar-refractivity contribution in [3.8, 4) is 0 Å². The molecule has 1 aromatic carbocycles. The number of benzene rings is 1. The van der Waals surface area contributed by atoms with E-state index in [2.05, 4.69) is 20.6 Å². The number of hydrogen-bond donors (Lipinski definition) is 3. The van der Waals surface area contributed by atoms with Gasteiger partial charge in [0.25, 0.3) is 0 Å². The molecule has 0 aliphatic rings. The highest BCUT2D eigenvalue weighted by molar-refractivity contribution is 6.15. The lowest BCUT2D eigenvalue weighted by atomic mass is 10.0. The zero-order chi connectivity index (χ0) is 20.2. The van der Waals surface area contributed by atoms with Gasteiger partial charge in [0.1, 0.15) is 11.4 Å². The molecule has 0 fully saturated rings. The highest BCUT2D eigenvalue weighted by atomic mass is 19.4. The topological polar surface area (TPSA) is 92.4 Å². The number of anilines is 3. The lowest BCUT2D eigenvalue weighted by molar-refractivity contribution is -0.141. The first-order chi connectivity index (χ1) is 12.7. The summed E-state index contributed by atoms with van der Waals surface area (Å²) < 4.78 is 39.3. The third-order valence-corrected chi connectivity index (χ3v) is 3.61. The average molecular weight is 379 g/mol. The second-order valence-electron chi connectivity index (χ2n) is 5.98. The molecule has 1 heterocycles. The molecule has 2 aromatic rings. The molecule has 0 radical (unpaired) electrons. The molecular formula is C18H20F3N5O. The Bertz CT molecular complexity index is 863. The summed E-state index contributed by atoms with van der Waals surface area (Å²) in [6, 6.07) is 6.72. The van der Waals surface area contributed by atoms with E-state index >= 15 is 0 Å². The fourth-order valence-corrected chi connectivity index (χ4v) is 2.44. The van der Waals surface area contributed by atoms with E-state index in [4.69, 9.17) is 5.73 Å². The molecule has 9 heteroatoms. The average Bonchev–Trinajstić information content (AvgIpc) is 2.59. The normalized spacial score (nSPS) is 12.2. The van der Waals surface area contributed by atoms with Crippen LogP contribution in [0.1, 0.15) is 30.8 Å². The number of aliphatic imine (C=N–C) groups is 1. The van der Waals surface area contributed by atoms with Crippen molar-refractivity contribution < 1.29 is 18.0 Å². The molecule has 4 N–H and O–H groups in total. The third-order valence-electron chi connectivity index (χ3n) is 3.61. The number of nitrogens with two attached hydrogens (primary N) is 1. The number of alkyl halides is 3. The lowest BCUT2D eigenvalue weighted by Gasteiger charge is -2.16. The lowest BCUT2D eigenvalue weighted by Crippen LogP contribution is -2.17. The molecule has 0 unspecified atom stereocenters. The number of nitrogens with one attached hydrogen (secondary N) is 2. The summed E-state index contributed by atoms with van der Waals surface area (Å²) in [5.41, 5.74) is 6.64. The van der Waals surface area contributed by atoms with Crippen LogP contribution in [0.4, 0.5) is 30.2 Å². The van der Waals surface area contributed by atoms with Gasteiger partial charge in [0.05, 0.1) is 22.8 Å². The SMILES string of the molecule is CNc1ccc(C(=NC(C)C)c2nc(C(F)(F)F)ccc2N)cc1NC=O. The maximum absolute atomic E-state index is 13.1. The standard InChI is InChI=1S/C18H20F3N5O/c1-10(2)25-16(11-4-6-13(23-3)14(8-11)24-9-27)17-12(22)5-7-15(26-17)18(19,20)21/h4-10,23H,22H2,1-3H3,(H,24,27). The van der Waals surface area contributed by atoms with Crippen molar-refractivity contribution in [3.05, 3.63) is 47.3 Å². The quantitative estimate of drug-likeness (QED) is 0.529. The minimum absolute atomic E-state index is 0.0622. The Balaban J connectivity index is 2.68. The molecule has 2 rings (SSSR count). The second-order valence-corrected chi connectivity index (χ2v) is 5.98. The highest BCUT2D eigenvalue weighted by Gasteiger charge is 2.33. The van der Waals surface area contributed by atoms with E-state index in [9.17, 15) is 18.0 Å². The smallest absolute Gasteiger partial charge is 0.397 e. The number of carbonyl (C=O) groups is 1. The number of rotatable bonds is 6. The van der Waals surface area contributed by atoms with Gasteiger partial charge in [0.2, 0.25) is 6.41 Å². The van der Waals surface area contributed by atoms with E-state index in [1.165, 1.54) is 0 Å². The zero-order valence-corrected chi connectivity index (χ0v) is 15.1. The predicted molar refractivity (Wildman–Crippen MR) is 100 cm³/mol. The summed E-state index contributed by atoms with van der Waals surface area (Å²) in [7, 11) is 1.68. The number of hydrogen-bond acceptors (Lipinski definition) is 5. The van der Waals surface area contributed by atoms with Gasteiger partial charge in [-0.1, -0.05) is 6.07 Å². The van der Waals surface area contributed by atoms with Crippen LogP contribution in [0.3, 0.4) is 0 Å². The Morgan fingerprint density at radius 2 is 1.93 bits per heavy atom. The van der Waals surface area contributed by atoms with Crippen LogP contribution in [0, 0.1) is 0 Å². The minimum atomic E-state index is -4.61. The van der Waals surface area contributed by atoms with Crippen LogP contribution in [0.15, 0.2) is 35.3 Å². The van der Waals surface area contributed by atoms with Gasteiger partial charge in [-0.15, -0.1) is 0 Å². The first-order valence-electron chi connectivity index (χ1n) is 8.11. The van der Waals surface area contributed by atoms with Gasteiger partial charge in [0, 0.05) is 18.7 Å². The van der Waals surface area contributed by atoms with E-state index in [1.807, 2.05) is 0 Å². The Morgan fingerprint density at radius 1 is 1.22 bits per heavy atom. The highest BCUT2D eigenvalue weighted by Crippen LogP contribution is 2.30. The fraction of sp³-hybridized carbons (Fsp3) is 0.278. The van der Waals surface area contributed by atoms with Gasteiger partial charge in [0.15, 0.2) is 0 Å². The molecule has 0 aliphatic carbocycles.